The maximum absolute atomic E-state index is 12.5. The number of carbonyl (C=O) groups excluding carboxylic acids is 1. The number of hydrogen-bond donors (Lipinski definition) is 1. The smallest absolute Gasteiger partial charge is 0.290 e. The van der Waals surface area contributed by atoms with Crippen LogP contribution in [0.4, 0.5) is 0 Å². The standard InChI is InChI=1S/C13H18N2O3/c1-9-3-6-18-12(9)13(16)15-5-7-17-11-8-14-4-2-10(11)15/h3,6,10-11,14H,2,4-5,7-8H2,1H3/t10-,11?/m1/s1. The summed E-state index contributed by atoms with van der Waals surface area (Å²) in [5.74, 6) is 0.465. The van der Waals surface area contributed by atoms with E-state index in [9.17, 15) is 4.79 Å². The Hall–Kier alpha value is -1.33. The number of aryl methyl sites for hydroxylation is 1. The third-order valence-electron chi connectivity index (χ3n) is 3.77. The molecule has 2 aliphatic heterocycles. The van der Waals surface area contributed by atoms with Gasteiger partial charge in [-0.1, -0.05) is 0 Å². The Labute approximate surface area is 106 Å². The van der Waals surface area contributed by atoms with Crippen molar-refractivity contribution in [1.29, 1.82) is 0 Å². The molecule has 1 N–H and O–H groups in total. The van der Waals surface area contributed by atoms with Crippen LogP contribution in [0.3, 0.4) is 0 Å². The van der Waals surface area contributed by atoms with Gasteiger partial charge in [0.25, 0.3) is 5.91 Å². The molecule has 2 aliphatic rings. The number of piperidine rings is 1. The van der Waals surface area contributed by atoms with E-state index in [-0.39, 0.29) is 18.1 Å². The molecule has 18 heavy (non-hydrogen) atoms. The molecule has 1 aromatic heterocycles. The quantitative estimate of drug-likeness (QED) is 0.800. The van der Waals surface area contributed by atoms with Crippen molar-refractivity contribution in [2.24, 2.45) is 0 Å². The minimum atomic E-state index is -0.00213. The van der Waals surface area contributed by atoms with Crippen molar-refractivity contribution in [2.75, 3.05) is 26.2 Å². The van der Waals surface area contributed by atoms with Gasteiger partial charge in [-0.25, -0.2) is 0 Å². The number of ether oxygens (including phenoxy) is 1. The van der Waals surface area contributed by atoms with E-state index in [1.807, 2.05) is 17.9 Å². The van der Waals surface area contributed by atoms with E-state index in [4.69, 9.17) is 9.15 Å². The van der Waals surface area contributed by atoms with Gasteiger partial charge in [-0.05, 0) is 26.0 Å². The van der Waals surface area contributed by atoms with Gasteiger partial charge in [-0.2, -0.15) is 0 Å². The largest absolute Gasteiger partial charge is 0.459 e. The maximum Gasteiger partial charge on any atom is 0.290 e. The van der Waals surface area contributed by atoms with Gasteiger partial charge in [-0.3, -0.25) is 4.79 Å². The van der Waals surface area contributed by atoms with Gasteiger partial charge in [0.15, 0.2) is 5.76 Å². The predicted molar refractivity (Wildman–Crippen MR) is 65.5 cm³/mol. The van der Waals surface area contributed by atoms with Crippen LogP contribution in [0.1, 0.15) is 22.5 Å². The second-order valence-electron chi connectivity index (χ2n) is 4.90. The van der Waals surface area contributed by atoms with Crippen molar-refractivity contribution in [3.05, 3.63) is 23.7 Å². The number of nitrogens with one attached hydrogen (secondary N) is 1. The van der Waals surface area contributed by atoms with Crippen molar-refractivity contribution in [1.82, 2.24) is 10.2 Å². The molecule has 98 valence electrons. The Balaban J connectivity index is 1.82. The molecule has 0 aliphatic carbocycles. The number of hydrogen-bond acceptors (Lipinski definition) is 4. The molecule has 2 atom stereocenters. The van der Waals surface area contributed by atoms with Crippen LogP contribution in [0.25, 0.3) is 0 Å². The Morgan fingerprint density at radius 2 is 2.44 bits per heavy atom. The van der Waals surface area contributed by atoms with E-state index >= 15 is 0 Å². The van der Waals surface area contributed by atoms with Crippen LogP contribution in [-0.2, 0) is 4.74 Å². The van der Waals surface area contributed by atoms with E-state index in [1.54, 1.807) is 6.26 Å². The summed E-state index contributed by atoms with van der Waals surface area (Å²) in [6.45, 7) is 4.92. The number of fused-ring (bicyclic) bond motifs is 1. The first kappa shape index (κ1) is 11.7. The van der Waals surface area contributed by atoms with Crippen LogP contribution in [0.5, 0.6) is 0 Å². The lowest BCUT2D eigenvalue weighted by Gasteiger charge is -2.43. The monoisotopic (exact) mass is 250 g/mol. The topological polar surface area (TPSA) is 54.7 Å². The molecule has 2 fully saturated rings. The molecule has 0 radical (unpaired) electrons. The molecule has 0 bridgehead atoms. The summed E-state index contributed by atoms with van der Waals surface area (Å²) in [6, 6.07) is 2.00. The molecule has 0 aromatic carbocycles. The highest BCUT2D eigenvalue weighted by Crippen LogP contribution is 2.23. The summed E-state index contributed by atoms with van der Waals surface area (Å²) in [5, 5.41) is 3.30. The molecule has 1 unspecified atom stereocenters. The van der Waals surface area contributed by atoms with Crippen LogP contribution in [0.15, 0.2) is 16.7 Å². The fourth-order valence-electron chi connectivity index (χ4n) is 2.79. The van der Waals surface area contributed by atoms with Gasteiger partial charge in [0.05, 0.1) is 25.0 Å². The van der Waals surface area contributed by atoms with E-state index in [0.29, 0.717) is 18.9 Å². The Kier molecular flexibility index (Phi) is 3.09. The van der Waals surface area contributed by atoms with Crippen molar-refractivity contribution in [2.45, 2.75) is 25.5 Å². The first-order chi connectivity index (χ1) is 8.77. The SMILES string of the molecule is Cc1ccoc1C(=O)N1CCOC2CNCC[C@H]21. The van der Waals surface area contributed by atoms with Crippen LogP contribution in [0, 0.1) is 6.92 Å². The first-order valence-electron chi connectivity index (χ1n) is 6.45. The van der Waals surface area contributed by atoms with E-state index in [1.165, 1.54) is 0 Å². The highest BCUT2D eigenvalue weighted by atomic mass is 16.5. The molecule has 1 amide bonds. The lowest BCUT2D eigenvalue weighted by molar-refractivity contribution is -0.0692. The van der Waals surface area contributed by atoms with Gasteiger partial charge >= 0.3 is 0 Å². The van der Waals surface area contributed by atoms with E-state index < -0.39 is 0 Å². The predicted octanol–water partition coefficient (Wildman–Crippen LogP) is 0.791. The lowest BCUT2D eigenvalue weighted by Crippen LogP contribution is -2.59. The zero-order chi connectivity index (χ0) is 12.5. The summed E-state index contributed by atoms with van der Waals surface area (Å²) < 4.78 is 11.0. The maximum atomic E-state index is 12.5. The van der Waals surface area contributed by atoms with Crippen LogP contribution < -0.4 is 5.32 Å². The van der Waals surface area contributed by atoms with Crippen molar-refractivity contribution in [3.63, 3.8) is 0 Å². The average Bonchev–Trinajstić information content (AvgIpc) is 2.83. The zero-order valence-corrected chi connectivity index (χ0v) is 10.5. The Bertz CT molecular complexity index is 441. The fraction of sp³-hybridized carbons (Fsp3) is 0.615. The third kappa shape index (κ3) is 1.93. The van der Waals surface area contributed by atoms with Gasteiger partial charge in [0.2, 0.25) is 0 Å². The van der Waals surface area contributed by atoms with Crippen LogP contribution in [-0.4, -0.2) is 49.2 Å². The van der Waals surface area contributed by atoms with Crippen LogP contribution >= 0.6 is 0 Å². The summed E-state index contributed by atoms with van der Waals surface area (Å²) in [4.78, 5) is 14.4. The normalized spacial score (nSPS) is 27.9. The number of furan rings is 1. The van der Waals surface area contributed by atoms with Crippen molar-refractivity contribution >= 4 is 5.91 Å². The molecule has 0 saturated carbocycles. The summed E-state index contributed by atoms with van der Waals surface area (Å²) in [6.07, 6.45) is 2.63. The van der Waals surface area contributed by atoms with Gasteiger partial charge in [0.1, 0.15) is 0 Å². The summed E-state index contributed by atoms with van der Waals surface area (Å²) >= 11 is 0. The number of nitrogens with zero attached hydrogens (tertiary/aromatic N) is 1. The highest BCUT2D eigenvalue weighted by molar-refractivity contribution is 5.93. The fourth-order valence-corrected chi connectivity index (χ4v) is 2.79. The number of rotatable bonds is 1. The molecule has 3 rings (SSSR count). The minimum absolute atomic E-state index is 0.00213. The summed E-state index contributed by atoms with van der Waals surface area (Å²) in [5.41, 5.74) is 0.900. The molecule has 1 aromatic rings. The highest BCUT2D eigenvalue weighted by Gasteiger charge is 2.38. The van der Waals surface area contributed by atoms with Gasteiger partial charge in [-0.15, -0.1) is 0 Å². The van der Waals surface area contributed by atoms with E-state index in [0.717, 1.165) is 25.1 Å². The second kappa shape index (κ2) is 4.74. The van der Waals surface area contributed by atoms with Crippen molar-refractivity contribution < 1.29 is 13.9 Å². The average molecular weight is 250 g/mol. The molecule has 5 nitrogen and oxygen atoms in total. The molecule has 5 heteroatoms. The number of amides is 1. The zero-order valence-electron chi connectivity index (χ0n) is 10.5. The molecular weight excluding hydrogens is 232 g/mol. The Morgan fingerprint density at radius 1 is 1.56 bits per heavy atom. The lowest BCUT2D eigenvalue weighted by atomic mass is 9.99. The van der Waals surface area contributed by atoms with Crippen LogP contribution in [0.2, 0.25) is 0 Å². The second-order valence-corrected chi connectivity index (χ2v) is 4.90. The molecule has 2 saturated heterocycles. The third-order valence-corrected chi connectivity index (χ3v) is 3.77. The number of carbonyl (C=O) groups is 1. The van der Waals surface area contributed by atoms with Crippen molar-refractivity contribution in [3.8, 4) is 0 Å². The summed E-state index contributed by atoms with van der Waals surface area (Å²) in [7, 11) is 0. The van der Waals surface area contributed by atoms with Gasteiger partial charge < -0.3 is 19.4 Å². The van der Waals surface area contributed by atoms with Gasteiger partial charge in [0, 0.05) is 18.7 Å². The Morgan fingerprint density at radius 3 is 3.22 bits per heavy atom. The first-order valence-corrected chi connectivity index (χ1v) is 6.45. The minimum Gasteiger partial charge on any atom is -0.459 e. The number of morpholine rings is 1. The van der Waals surface area contributed by atoms with E-state index in [2.05, 4.69) is 5.32 Å². The molecule has 0 spiro atoms. The molecular formula is C13H18N2O3. The molecule has 3 heterocycles.